The van der Waals surface area contributed by atoms with Crippen LogP contribution in [0.4, 0.5) is 0 Å². The molecule has 2 N–H and O–H groups in total. The molecule has 0 spiro atoms. The second-order valence-electron chi connectivity index (χ2n) is 4.73. The molecular weight excluding hydrogens is 246 g/mol. The van der Waals surface area contributed by atoms with Gasteiger partial charge in [-0.25, -0.2) is 0 Å². The number of carbonyl (C=O) groups is 1. The van der Waals surface area contributed by atoms with Gasteiger partial charge in [-0.05, 0) is 24.5 Å². The van der Waals surface area contributed by atoms with Crippen molar-refractivity contribution in [2.45, 2.75) is 19.4 Å². The van der Waals surface area contributed by atoms with E-state index < -0.39 is 6.10 Å². The standard InChI is InChI=1S/C14H19NO4/c1-10(6-7-16)8-15-14(17)13-9-18-11-4-2-3-5-12(11)19-13/h2-5,10,13,16H,6-9H2,1H3,(H,15,17). The molecule has 0 bridgehead atoms. The Labute approximate surface area is 112 Å². The van der Waals surface area contributed by atoms with Crippen molar-refractivity contribution in [2.24, 2.45) is 5.92 Å². The third-order valence-corrected chi connectivity index (χ3v) is 3.05. The van der Waals surface area contributed by atoms with Gasteiger partial charge in [-0.15, -0.1) is 0 Å². The van der Waals surface area contributed by atoms with E-state index >= 15 is 0 Å². The van der Waals surface area contributed by atoms with Crippen molar-refractivity contribution in [1.82, 2.24) is 5.32 Å². The number of ether oxygens (including phenoxy) is 2. The van der Waals surface area contributed by atoms with Crippen LogP contribution in [0, 0.1) is 5.92 Å². The SMILES string of the molecule is CC(CCO)CNC(=O)C1COc2ccccc2O1. The molecule has 0 aromatic heterocycles. The Balaban J connectivity index is 1.85. The number of hydrogen-bond donors (Lipinski definition) is 2. The molecule has 0 radical (unpaired) electrons. The molecule has 1 amide bonds. The molecule has 0 saturated carbocycles. The molecule has 104 valence electrons. The predicted molar refractivity (Wildman–Crippen MR) is 70.2 cm³/mol. The molecule has 2 unspecified atom stereocenters. The van der Waals surface area contributed by atoms with Crippen LogP contribution >= 0.6 is 0 Å². The zero-order chi connectivity index (χ0) is 13.7. The summed E-state index contributed by atoms with van der Waals surface area (Å²) < 4.78 is 11.1. The van der Waals surface area contributed by atoms with Crippen LogP contribution in [0.1, 0.15) is 13.3 Å². The summed E-state index contributed by atoms with van der Waals surface area (Å²) in [5.74, 6) is 1.32. The van der Waals surface area contributed by atoms with Crippen molar-refractivity contribution in [2.75, 3.05) is 19.8 Å². The molecular formula is C14H19NO4. The van der Waals surface area contributed by atoms with Gasteiger partial charge in [0.15, 0.2) is 11.5 Å². The Kier molecular flexibility index (Phi) is 4.63. The lowest BCUT2D eigenvalue weighted by atomic mass is 10.1. The van der Waals surface area contributed by atoms with Gasteiger partial charge >= 0.3 is 0 Å². The molecule has 2 atom stereocenters. The highest BCUT2D eigenvalue weighted by atomic mass is 16.6. The van der Waals surface area contributed by atoms with Crippen LogP contribution in [0.5, 0.6) is 11.5 Å². The van der Waals surface area contributed by atoms with Crippen molar-refractivity contribution < 1.29 is 19.4 Å². The number of hydrogen-bond acceptors (Lipinski definition) is 4. The minimum Gasteiger partial charge on any atom is -0.485 e. The molecule has 1 heterocycles. The quantitative estimate of drug-likeness (QED) is 0.832. The lowest BCUT2D eigenvalue weighted by molar-refractivity contribution is -0.130. The maximum Gasteiger partial charge on any atom is 0.264 e. The van der Waals surface area contributed by atoms with Crippen LogP contribution in [0.25, 0.3) is 0 Å². The van der Waals surface area contributed by atoms with Crippen LogP contribution in [-0.2, 0) is 4.79 Å². The number of aliphatic hydroxyl groups is 1. The Morgan fingerprint density at radius 3 is 2.95 bits per heavy atom. The van der Waals surface area contributed by atoms with Gasteiger partial charge < -0.3 is 19.9 Å². The minimum absolute atomic E-state index is 0.132. The largest absolute Gasteiger partial charge is 0.485 e. The molecule has 5 nitrogen and oxygen atoms in total. The highest BCUT2D eigenvalue weighted by Crippen LogP contribution is 2.30. The monoisotopic (exact) mass is 265 g/mol. The van der Waals surface area contributed by atoms with Crippen molar-refractivity contribution in [3.05, 3.63) is 24.3 Å². The number of rotatable bonds is 5. The molecule has 1 aromatic rings. The highest BCUT2D eigenvalue weighted by Gasteiger charge is 2.27. The predicted octanol–water partition coefficient (Wildman–Crippen LogP) is 0.961. The van der Waals surface area contributed by atoms with Gasteiger partial charge in [0.2, 0.25) is 6.10 Å². The van der Waals surface area contributed by atoms with E-state index in [0.29, 0.717) is 24.5 Å². The number of para-hydroxylation sites is 2. The number of fused-ring (bicyclic) bond motifs is 1. The molecule has 0 aliphatic carbocycles. The average Bonchev–Trinajstić information content (AvgIpc) is 2.44. The van der Waals surface area contributed by atoms with Gasteiger partial charge in [-0.2, -0.15) is 0 Å². The summed E-state index contributed by atoms with van der Waals surface area (Å²) in [6.07, 6.45) is 0.0572. The Hall–Kier alpha value is -1.75. The smallest absolute Gasteiger partial charge is 0.264 e. The fraction of sp³-hybridized carbons (Fsp3) is 0.500. The highest BCUT2D eigenvalue weighted by molar-refractivity contribution is 5.81. The topological polar surface area (TPSA) is 67.8 Å². The number of aliphatic hydroxyl groups excluding tert-OH is 1. The fourth-order valence-electron chi connectivity index (χ4n) is 1.86. The maximum absolute atomic E-state index is 11.9. The summed E-state index contributed by atoms with van der Waals surface area (Å²) >= 11 is 0. The first kappa shape index (κ1) is 13.7. The first-order valence-corrected chi connectivity index (χ1v) is 6.47. The van der Waals surface area contributed by atoms with Crippen molar-refractivity contribution in [3.8, 4) is 11.5 Å². The zero-order valence-corrected chi connectivity index (χ0v) is 11.0. The molecule has 1 aliphatic rings. The number of benzene rings is 1. The molecule has 5 heteroatoms. The zero-order valence-electron chi connectivity index (χ0n) is 11.0. The molecule has 1 aromatic carbocycles. The Morgan fingerprint density at radius 1 is 1.47 bits per heavy atom. The van der Waals surface area contributed by atoms with E-state index in [1.165, 1.54) is 0 Å². The molecule has 19 heavy (non-hydrogen) atoms. The molecule has 2 rings (SSSR count). The lowest BCUT2D eigenvalue weighted by Gasteiger charge is -2.26. The lowest BCUT2D eigenvalue weighted by Crippen LogP contribution is -2.45. The van der Waals surface area contributed by atoms with Crippen molar-refractivity contribution in [3.63, 3.8) is 0 Å². The molecule has 1 aliphatic heterocycles. The van der Waals surface area contributed by atoms with E-state index in [1.807, 2.05) is 25.1 Å². The van der Waals surface area contributed by atoms with E-state index in [2.05, 4.69) is 5.32 Å². The van der Waals surface area contributed by atoms with E-state index in [4.69, 9.17) is 14.6 Å². The summed E-state index contributed by atoms with van der Waals surface area (Å²) in [5.41, 5.74) is 0. The normalized spacial score (nSPS) is 18.7. The summed E-state index contributed by atoms with van der Waals surface area (Å²) in [4.78, 5) is 11.9. The van der Waals surface area contributed by atoms with Crippen LogP contribution < -0.4 is 14.8 Å². The van der Waals surface area contributed by atoms with Crippen LogP contribution in [0.15, 0.2) is 24.3 Å². The summed E-state index contributed by atoms with van der Waals surface area (Å²) in [6, 6.07) is 7.29. The number of carbonyl (C=O) groups excluding carboxylic acids is 1. The first-order chi connectivity index (χ1) is 9.20. The maximum atomic E-state index is 11.9. The third kappa shape index (κ3) is 3.61. The van der Waals surface area contributed by atoms with Crippen molar-refractivity contribution >= 4 is 5.91 Å². The third-order valence-electron chi connectivity index (χ3n) is 3.05. The van der Waals surface area contributed by atoms with Gasteiger partial charge in [0.25, 0.3) is 5.91 Å². The van der Waals surface area contributed by atoms with Crippen LogP contribution in [0.2, 0.25) is 0 Å². The number of amides is 1. The Bertz CT molecular complexity index is 435. The summed E-state index contributed by atoms with van der Waals surface area (Å²) in [6.45, 7) is 2.86. The van der Waals surface area contributed by atoms with E-state index in [0.717, 1.165) is 0 Å². The number of nitrogens with one attached hydrogen (secondary N) is 1. The van der Waals surface area contributed by atoms with Crippen LogP contribution in [-0.4, -0.2) is 36.9 Å². The van der Waals surface area contributed by atoms with Crippen LogP contribution in [0.3, 0.4) is 0 Å². The second-order valence-corrected chi connectivity index (χ2v) is 4.73. The minimum atomic E-state index is -0.615. The molecule has 0 fully saturated rings. The summed E-state index contributed by atoms with van der Waals surface area (Å²) in [5, 5.41) is 11.6. The van der Waals surface area contributed by atoms with E-state index in [1.54, 1.807) is 6.07 Å². The Morgan fingerprint density at radius 2 is 2.21 bits per heavy atom. The van der Waals surface area contributed by atoms with E-state index in [-0.39, 0.29) is 25.0 Å². The van der Waals surface area contributed by atoms with Gasteiger partial charge in [0, 0.05) is 13.2 Å². The first-order valence-electron chi connectivity index (χ1n) is 6.47. The fourth-order valence-corrected chi connectivity index (χ4v) is 1.86. The second kappa shape index (κ2) is 6.43. The summed E-state index contributed by atoms with van der Waals surface area (Å²) in [7, 11) is 0. The van der Waals surface area contributed by atoms with Gasteiger partial charge in [0.05, 0.1) is 0 Å². The molecule has 0 saturated heterocycles. The average molecular weight is 265 g/mol. The van der Waals surface area contributed by atoms with Gasteiger partial charge in [-0.3, -0.25) is 4.79 Å². The van der Waals surface area contributed by atoms with Crippen molar-refractivity contribution in [1.29, 1.82) is 0 Å². The van der Waals surface area contributed by atoms with E-state index in [9.17, 15) is 4.79 Å². The van der Waals surface area contributed by atoms with Gasteiger partial charge in [-0.1, -0.05) is 19.1 Å². The van der Waals surface area contributed by atoms with Gasteiger partial charge in [0.1, 0.15) is 6.61 Å².